The summed E-state index contributed by atoms with van der Waals surface area (Å²) in [6, 6.07) is -1.02. The van der Waals surface area contributed by atoms with Crippen LogP contribution < -0.4 is 5.32 Å². The minimum Gasteiger partial charge on any atom is -0.454 e. The molecular formula is C81H155NO10. The van der Waals surface area contributed by atoms with Gasteiger partial charge in [-0.3, -0.25) is 9.59 Å². The molecule has 8 unspecified atom stereocenters. The number of unbranched alkanes of at least 4 members (excludes halogenated alkanes) is 56. The quantitative estimate of drug-likeness (QED) is 0.0195. The largest absolute Gasteiger partial charge is 0.454 e. The molecule has 1 aliphatic rings. The summed E-state index contributed by atoms with van der Waals surface area (Å²) in [6.45, 7) is 5.87. The Morgan fingerprint density at radius 1 is 0.413 bits per heavy atom. The lowest BCUT2D eigenvalue weighted by Crippen LogP contribution is -2.61. The first-order valence-corrected chi connectivity index (χ1v) is 40.6. The van der Waals surface area contributed by atoms with E-state index in [1.54, 1.807) is 6.08 Å². The molecular weight excluding hydrogens is 1150 g/mol. The lowest BCUT2D eigenvalue weighted by molar-refractivity contribution is -0.305. The fraction of sp³-hybridized carbons (Fsp3) is 0.926. The first-order valence-electron chi connectivity index (χ1n) is 40.6. The Hall–Kier alpha value is -1.86. The number of carbonyl (C=O) groups is 2. The van der Waals surface area contributed by atoms with Gasteiger partial charge in [-0.1, -0.05) is 385 Å². The molecule has 1 amide bonds. The molecule has 0 bridgehead atoms. The summed E-state index contributed by atoms with van der Waals surface area (Å²) < 4.78 is 17.8. The van der Waals surface area contributed by atoms with Crippen LogP contribution in [0.25, 0.3) is 0 Å². The van der Waals surface area contributed by atoms with Crippen LogP contribution in [0.15, 0.2) is 24.3 Å². The summed E-state index contributed by atoms with van der Waals surface area (Å²) >= 11 is 0. The Morgan fingerprint density at radius 3 is 1.05 bits per heavy atom. The van der Waals surface area contributed by atoms with Crippen molar-refractivity contribution in [2.45, 2.75) is 468 Å². The van der Waals surface area contributed by atoms with Crippen LogP contribution in [0.4, 0.5) is 0 Å². The van der Waals surface area contributed by atoms with Crippen molar-refractivity contribution < 1.29 is 49.3 Å². The highest BCUT2D eigenvalue weighted by molar-refractivity contribution is 5.80. The van der Waals surface area contributed by atoms with Gasteiger partial charge >= 0.3 is 5.97 Å². The van der Waals surface area contributed by atoms with Crippen LogP contribution in [0.3, 0.4) is 0 Å². The van der Waals surface area contributed by atoms with Gasteiger partial charge in [0.25, 0.3) is 0 Å². The highest BCUT2D eigenvalue weighted by Gasteiger charge is 2.47. The van der Waals surface area contributed by atoms with E-state index < -0.39 is 67.4 Å². The van der Waals surface area contributed by atoms with E-state index in [0.29, 0.717) is 19.3 Å². The van der Waals surface area contributed by atoms with Crippen molar-refractivity contribution in [3.05, 3.63) is 24.3 Å². The Bertz CT molecular complexity index is 1600. The Morgan fingerprint density at radius 2 is 0.717 bits per heavy atom. The zero-order valence-corrected chi connectivity index (χ0v) is 61.0. The molecule has 0 aromatic heterocycles. The maximum atomic E-state index is 13.5. The number of hydrogen-bond donors (Lipinski definition) is 6. The Kier molecular flexibility index (Phi) is 66.2. The van der Waals surface area contributed by atoms with Gasteiger partial charge in [-0.15, -0.1) is 0 Å². The second-order valence-electron chi connectivity index (χ2n) is 28.5. The van der Waals surface area contributed by atoms with Crippen LogP contribution in [0.5, 0.6) is 0 Å². The first-order chi connectivity index (χ1) is 45.2. The molecule has 11 heteroatoms. The number of esters is 1. The molecule has 11 nitrogen and oxygen atoms in total. The van der Waals surface area contributed by atoms with Crippen molar-refractivity contribution in [3.63, 3.8) is 0 Å². The van der Waals surface area contributed by atoms with E-state index in [9.17, 15) is 35.1 Å². The van der Waals surface area contributed by atoms with Gasteiger partial charge in [0.05, 0.1) is 25.4 Å². The van der Waals surface area contributed by atoms with E-state index in [-0.39, 0.29) is 13.0 Å². The molecule has 8 atom stereocenters. The summed E-state index contributed by atoms with van der Waals surface area (Å²) in [7, 11) is 0. The second kappa shape index (κ2) is 69.1. The molecule has 544 valence electrons. The van der Waals surface area contributed by atoms with Crippen molar-refractivity contribution in [2.75, 3.05) is 13.2 Å². The van der Waals surface area contributed by atoms with Gasteiger partial charge in [0.1, 0.15) is 24.4 Å². The maximum Gasteiger partial charge on any atom is 0.306 e. The molecule has 0 aromatic rings. The standard InChI is InChI=1S/C81H155NO10/c1-4-7-10-13-16-19-22-25-27-29-31-33-35-37-38-39-41-43-45-47-49-51-54-57-60-63-66-69-76(86)92-79-78(88)77(87)75(70-83)91-81(79)90-71-72(73(84)67-64-61-58-55-52-24-21-18-15-12-9-6-3)82-80(89)74(85)68-65-62-59-56-53-50-48-46-44-42-40-36-34-32-30-28-26-23-20-17-14-11-8-5-2/h25,27,64,67,72-75,77-79,81,83-85,87-88H,4-24,26,28-63,65-66,68-71H2,1-3H3,(H,82,89)/b27-25+,67-64+. The zero-order chi connectivity index (χ0) is 66.7. The average molecular weight is 1300 g/mol. The molecule has 0 radical (unpaired) electrons. The number of ether oxygens (including phenoxy) is 3. The fourth-order valence-electron chi connectivity index (χ4n) is 13.2. The number of aliphatic hydroxyl groups is 5. The van der Waals surface area contributed by atoms with Crippen molar-refractivity contribution in [2.24, 2.45) is 0 Å². The maximum absolute atomic E-state index is 13.5. The monoisotopic (exact) mass is 1300 g/mol. The second-order valence-corrected chi connectivity index (χ2v) is 28.5. The predicted octanol–water partition coefficient (Wildman–Crippen LogP) is 21.9. The molecule has 1 saturated heterocycles. The molecule has 1 fully saturated rings. The number of amides is 1. The number of aliphatic hydroxyl groups excluding tert-OH is 5. The fourth-order valence-corrected chi connectivity index (χ4v) is 13.2. The van der Waals surface area contributed by atoms with E-state index in [1.807, 2.05) is 6.08 Å². The van der Waals surface area contributed by atoms with E-state index in [2.05, 4.69) is 38.2 Å². The lowest BCUT2D eigenvalue weighted by atomic mass is 9.99. The molecule has 1 rings (SSSR count). The molecule has 0 aliphatic carbocycles. The zero-order valence-electron chi connectivity index (χ0n) is 61.0. The average Bonchev–Trinajstić information content (AvgIpc) is 0.875. The summed E-state index contributed by atoms with van der Waals surface area (Å²) in [5, 5.41) is 57.4. The highest BCUT2D eigenvalue weighted by atomic mass is 16.7. The number of allylic oxidation sites excluding steroid dienone is 3. The molecule has 92 heavy (non-hydrogen) atoms. The number of carbonyl (C=O) groups excluding carboxylic acids is 2. The smallest absolute Gasteiger partial charge is 0.306 e. The normalized spacial score (nSPS) is 17.9. The molecule has 1 aliphatic heterocycles. The predicted molar refractivity (Wildman–Crippen MR) is 389 cm³/mol. The van der Waals surface area contributed by atoms with Crippen LogP contribution in [0, 0.1) is 0 Å². The number of nitrogens with one attached hydrogen (secondary N) is 1. The van der Waals surface area contributed by atoms with Crippen LogP contribution in [-0.4, -0.2) is 99.6 Å². The summed E-state index contributed by atoms with van der Waals surface area (Å²) in [4.78, 5) is 26.8. The van der Waals surface area contributed by atoms with Gasteiger partial charge in [-0.2, -0.15) is 0 Å². The van der Waals surface area contributed by atoms with E-state index >= 15 is 0 Å². The summed E-state index contributed by atoms with van der Waals surface area (Å²) in [6.07, 6.45) is 75.3. The minimum atomic E-state index is -1.61. The summed E-state index contributed by atoms with van der Waals surface area (Å²) in [5.74, 6) is -1.17. The third kappa shape index (κ3) is 55.2. The molecule has 0 saturated carbocycles. The SMILES string of the molecule is CCCCCCCC/C=C/CCCCCCCCCCCCCCCCCCCC(=O)OC1C(OCC(NC(=O)C(O)CCCCCCCCCCCCCCCCCCCCCCCCCC)C(O)/C=C/CCCCCCCCCCCC)OC(CO)C(O)C1O. The Balaban J connectivity index is 2.46. The van der Waals surface area contributed by atoms with Crippen LogP contribution in [-0.2, 0) is 23.8 Å². The van der Waals surface area contributed by atoms with E-state index in [4.69, 9.17) is 14.2 Å². The van der Waals surface area contributed by atoms with Crippen molar-refractivity contribution in [3.8, 4) is 0 Å². The van der Waals surface area contributed by atoms with Crippen LogP contribution in [0.2, 0.25) is 0 Å². The van der Waals surface area contributed by atoms with Crippen molar-refractivity contribution in [1.29, 1.82) is 0 Å². The molecule has 0 aromatic carbocycles. The number of hydrogen-bond acceptors (Lipinski definition) is 10. The molecule has 6 N–H and O–H groups in total. The third-order valence-electron chi connectivity index (χ3n) is 19.6. The van der Waals surface area contributed by atoms with Gasteiger partial charge in [0, 0.05) is 6.42 Å². The summed E-state index contributed by atoms with van der Waals surface area (Å²) in [5.41, 5.74) is 0. The van der Waals surface area contributed by atoms with Gasteiger partial charge in [-0.05, 0) is 51.4 Å². The topological polar surface area (TPSA) is 175 Å². The van der Waals surface area contributed by atoms with Crippen molar-refractivity contribution in [1.82, 2.24) is 5.32 Å². The number of rotatable bonds is 72. The molecule has 1 heterocycles. The molecule has 0 spiro atoms. The van der Waals surface area contributed by atoms with Crippen LogP contribution in [0.1, 0.15) is 419 Å². The van der Waals surface area contributed by atoms with E-state index in [1.165, 1.54) is 315 Å². The van der Waals surface area contributed by atoms with Crippen molar-refractivity contribution >= 4 is 11.9 Å². The van der Waals surface area contributed by atoms with Gasteiger partial charge in [-0.25, -0.2) is 0 Å². The highest BCUT2D eigenvalue weighted by Crippen LogP contribution is 2.27. The first kappa shape index (κ1) is 88.2. The third-order valence-corrected chi connectivity index (χ3v) is 19.6. The van der Waals surface area contributed by atoms with Gasteiger partial charge < -0.3 is 45.1 Å². The van der Waals surface area contributed by atoms with Gasteiger partial charge in [0.15, 0.2) is 12.4 Å². The van der Waals surface area contributed by atoms with E-state index in [0.717, 1.165) is 57.8 Å². The Labute approximate surface area is 569 Å². The lowest BCUT2D eigenvalue weighted by Gasteiger charge is -2.41. The van der Waals surface area contributed by atoms with Crippen LogP contribution >= 0.6 is 0 Å². The van der Waals surface area contributed by atoms with Gasteiger partial charge in [0.2, 0.25) is 5.91 Å². The minimum absolute atomic E-state index is 0.130.